The van der Waals surface area contributed by atoms with Gasteiger partial charge in [0.25, 0.3) is 0 Å². The summed E-state index contributed by atoms with van der Waals surface area (Å²) in [6, 6.07) is 0. The second-order valence-corrected chi connectivity index (χ2v) is 2.72. The lowest BCUT2D eigenvalue weighted by Crippen LogP contribution is -2.25. The van der Waals surface area contributed by atoms with Crippen LogP contribution in [0.5, 0.6) is 0 Å². The van der Waals surface area contributed by atoms with Crippen molar-refractivity contribution in [2.24, 2.45) is 11.7 Å². The molecule has 2 nitrogen and oxygen atoms in total. The molecule has 0 aliphatic heterocycles. The molecule has 0 bridgehead atoms. The molecule has 0 amide bonds. The van der Waals surface area contributed by atoms with E-state index in [0.29, 0.717) is 6.54 Å². The lowest BCUT2D eigenvalue weighted by atomic mass is 9.85. The molecule has 0 aromatic carbocycles. The van der Waals surface area contributed by atoms with Crippen molar-refractivity contribution in [2.45, 2.75) is 19.3 Å². The minimum atomic E-state index is 0.715. The predicted octanol–water partition coefficient (Wildman–Crippen LogP) is 0.350. The van der Waals surface area contributed by atoms with Crippen molar-refractivity contribution in [3.8, 4) is 0 Å². The highest BCUT2D eigenvalue weighted by atomic mass is 14.9. The summed E-state index contributed by atoms with van der Waals surface area (Å²) < 4.78 is 0. The van der Waals surface area contributed by atoms with Crippen LogP contribution in [0, 0.1) is 5.92 Å². The highest BCUT2D eigenvalue weighted by Gasteiger charge is 2.16. The maximum absolute atomic E-state index is 5.28. The van der Waals surface area contributed by atoms with Crippen molar-refractivity contribution < 1.29 is 0 Å². The summed E-state index contributed by atoms with van der Waals surface area (Å²) in [5.74, 6) is 0.913. The summed E-state index contributed by atoms with van der Waals surface area (Å²) in [5.41, 5.74) is 5.28. The van der Waals surface area contributed by atoms with Crippen molar-refractivity contribution in [3.05, 3.63) is 0 Å². The summed E-state index contributed by atoms with van der Waals surface area (Å²) in [6.45, 7) is 2.64. The smallest absolute Gasteiger partial charge is 0.0256 e. The first kappa shape index (κ1) is 7.03. The van der Waals surface area contributed by atoms with Gasteiger partial charge in [0.2, 0.25) is 0 Å². The molecule has 0 aromatic heterocycles. The van der Waals surface area contributed by atoms with E-state index in [9.17, 15) is 0 Å². The molecule has 0 heterocycles. The van der Waals surface area contributed by atoms with Crippen molar-refractivity contribution in [2.75, 3.05) is 19.6 Å². The third-order valence-corrected chi connectivity index (χ3v) is 1.90. The number of nitrogens with two attached hydrogens (primary N) is 1. The molecule has 0 unspecified atom stereocenters. The van der Waals surface area contributed by atoms with Gasteiger partial charge in [0.05, 0.1) is 0 Å². The Labute approximate surface area is 56.8 Å². The summed E-state index contributed by atoms with van der Waals surface area (Å²) in [6.07, 6.45) is 4.21. The van der Waals surface area contributed by atoms with E-state index in [-0.39, 0.29) is 0 Å². The van der Waals surface area contributed by atoms with Gasteiger partial charge in [0.1, 0.15) is 0 Å². The Bertz CT molecular complexity index is 69.3. The Kier molecular flexibility index (Phi) is 3.01. The molecule has 1 fully saturated rings. The van der Waals surface area contributed by atoms with Crippen LogP contribution in [-0.2, 0) is 0 Å². The van der Waals surface area contributed by atoms with E-state index in [1.807, 2.05) is 0 Å². The highest BCUT2D eigenvalue weighted by Crippen LogP contribution is 2.25. The number of nitrogens with zero attached hydrogens (tertiary/aromatic N) is 1. The Balaban J connectivity index is 1.80. The van der Waals surface area contributed by atoms with E-state index in [2.05, 4.69) is 5.32 Å². The predicted molar refractivity (Wildman–Crippen MR) is 38.3 cm³/mol. The van der Waals surface area contributed by atoms with Crippen molar-refractivity contribution in [1.82, 2.24) is 5.32 Å². The van der Waals surface area contributed by atoms with Gasteiger partial charge < -0.3 is 5.73 Å². The minimum absolute atomic E-state index is 0.715. The third kappa shape index (κ3) is 2.33. The monoisotopic (exact) mass is 127 g/mol. The van der Waals surface area contributed by atoms with Crippen LogP contribution in [0.3, 0.4) is 0 Å². The molecule has 1 rings (SSSR count). The fraction of sp³-hybridized carbons (Fsp3) is 1.00. The zero-order chi connectivity index (χ0) is 6.53. The van der Waals surface area contributed by atoms with Crippen molar-refractivity contribution in [3.63, 3.8) is 0 Å². The quantitative estimate of drug-likeness (QED) is 0.544. The van der Waals surface area contributed by atoms with Gasteiger partial charge in [-0.3, -0.25) is 0 Å². The summed E-state index contributed by atoms with van der Waals surface area (Å²) in [4.78, 5) is 0. The molecule has 53 valence electrons. The van der Waals surface area contributed by atoms with E-state index in [1.165, 1.54) is 19.3 Å². The summed E-state index contributed by atoms with van der Waals surface area (Å²) in [7, 11) is 0. The Morgan fingerprint density at radius 3 is 2.67 bits per heavy atom. The van der Waals surface area contributed by atoms with Gasteiger partial charge in [-0.25, -0.2) is 5.32 Å². The average molecular weight is 127 g/mol. The van der Waals surface area contributed by atoms with Crippen LogP contribution in [0.1, 0.15) is 19.3 Å². The van der Waals surface area contributed by atoms with Crippen molar-refractivity contribution in [1.29, 1.82) is 0 Å². The SMILES string of the molecule is NCC[N]CC1CCC1. The van der Waals surface area contributed by atoms with Crippen LogP contribution in [0.25, 0.3) is 0 Å². The largest absolute Gasteiger partial charge is 0.329 e. The molecule has 2 N–H and O–H groups in total. The Hall–Kier alpha value is -0.0800. The lowest BCUT2D eigenvalue weighted by molar-refractivity contribution is 0.301. The number of hydrogen-bond donors (Lipinski definition) is 1. The first-order chi connectivity index (χ1) is 4.43. The molecule has 0 atom stereocenters. The average Bonchev–Trinajstić information content (AvgIpc) is 1.76. The number of rotatable bonds is 4. The molecule has 2 heteroatoms. The number of hydrogen-bond acceptors (Lipinski definition) is 1. The fourth-order valence-corrected chi connectivity index (χ4v) is 1.04. The summed E-state index contributed by atoms with van der Waals surface area (Å²) in [5, 5.41) is 4.29. The van der Waals surface area contributed by atoms with Gasteiger partial charge in [0.15, 0.2) is 0 Å². The first-order valence-corrected chi connectivity index (χ1v) is 3.77. The van der Waals surface area contributed by atoms with Gasteiger partial charge in [-0.1, -0.05) is 6.42 Å². The molecular formula is C7H15N2. The second-order valence-electron chi connectivity index (χ2n) is 2.72. The van der Waals surface area contributed by atoms with E-state index < -0.39 is 0 Å². The molecule has 1 saturated carbocycles. The molecule has 9 heavy (non-hydrogen) atoms. The molecule has 1 radical (unpaired) electrons. The van der Waals surface area contributed by atoms with Crippen molar-refractivity contribution >= 4 is 0 Å². The maximum atomic E-state index is 5.28. The van der Waals surface area contributed by atoms with E-state index >= 15 is 0 Å². The van der Waals surface area contributed by atoms with Crippen LogP contribution in [-0.4, -0.2) is 19.6 Å². The van der Waals surface area contributed by atoms with Crippen LogP contribution < -0.4 is 11.1 Å². The zero-order valence-corrected chi connectivity index (χ0v) is 5.84. The fourth-order valence-electron chi connectivity index (χ4n) is 1.04. The maximum Gasteiger partial charge on any atom is 0.0256 e. The van der Waals surface area contributed by atoms with Gasteiger partial charge in [0, 0.05) is 19.6 Å². The normalized spacial score (nSPS) is 19.7. The second kappa shape index (κ2) is 3.85. The van der Waals surface area contributed by atoms with Gasteiger partial charge >= 0.3 is 0 Å². The van der Waals surface area contributed by atoms with Crippen LogP contribution in [0.2, 0.25) is 0 Å². The Morgan fingerprint density at radius 2 is 2.22 bits per heavy atom. The minimum Gasteiger partial charge on any atom is -0.329 e. The first-order valence-electron chi connectivity index (χ1n) is 3.77. The lowest BCUT2D eigenvalue weighted by Gasteiger charge is -2.24. The van der Waals surface area contributed by atoms with Crippen LogP contribution in [0.15, 0.2) is 0 Å². The molecule has 1 aliphatic rings. The van der Waals surface area contributed by atoms with E-state index in [1.54, 1.807) is 0 Å². The molecule has 0 saturated heterocycles. The molecular weight excluding hydrogens is 112 g/mol. The van der Waals surface area contributed by atoms with E-state index in [4.69, 9.17) is 5.73 Å². The topological polar surface area (TPSA) is 40.1 Å². The Morgan fingerprint density at radius 1 is 1.44 bits per heavy atom. The molecule has 0 spiro atoms. The standard InChI is InChI=1S/C7H15N2/c8-4-5-9-6-7-2-1-3-7/h7H,1-6,8H2. The van der Waals surface area contributed by atoms with Gasteiger partial charge in [-0.15, -0.1) is 0 Å². The van der Waals surface area contributed by atoms with E-state index in [0.717, 1.165) is 19.0 Å². The highest BCUT2D eigenvalue weighted by molar-refractivity contribution is 4.71. The molecule has 0 aromatic rings. The van der Waals surface area contributed by atoms with Gasteiger partial charge in [-0.05, 0) is 18.8 Å². The van der Waals surface area contributed by atoms with Gasteiger partial charge in [-0.2, -0.15) is 0 Å². The zero-order valence-electron chi connectivity index (χ0n) is 5.84. The van der Waals surface area contributed by atoms with Crippen LogP contribution in [0.4, 0.5) is 0 Å². The van der Waals surface area contributed by atoms with Crippen LogP contribution >= 0.6 is 0 Å². The summed E-state index contributed by atoms with van der Waals surface area (Å²) >= 11 is 0. The molecule has 1 aliphatic carbocycles. The third-order valence-electron chi connectivity index (χ3n) is 1.90.